The fraction of sp³-hybridized carbons (Fsp3) is 0.800. The van der Waals surface area contributed by atoms with Crippen molar-refractivity contribution >= 4 is 11.7 Å². The number of hydrogen-bond acceptors (Lipinski definition) is 3. The molecule has 74 valence electrons. The summed E-state index contributed by atoms with van der Waals surface area (Å²) < 4.78 is 4.98. The summed E-state index contributed by atoms with van der Waals surface area (Å²) in [5, 5.41) is 0. The predicted octanol–water partition coefficient (Wildman–Crippen LogP) is 1.81. The van der Waals surface area contributed by atoms with Crippen LogP contribution < -0.4 is 0 Å². The lowest BCUT2D eigenvalue weighted by molar-refractivity contribution is -0.145. The van der Waals surface area contributed by atoms with E-state index in [0.29, 0.717) is 6.61 Å². The van der Waals surface area contributed by atoms with Gasteiger partial charge in [0.05, 0.1) is 12.5 Å². The predicted molar refractivity (Wildman–Crippen MR) is 52.0 cm³/mol. The fourth-order valence-corrected chi connectivity index (χ4v) is 1.72. The molecule has 1 saturated carbocycles. The monoisotopic (exact) mass is 183 g/mol. The van der Waals surface area contributed by atoms with Crippen molar-refractivity contribution in [1.82, 2.24) is 0 Å². The first kappa shape index (κ1) is 10.2. The molecule has 1 aliphatic carbocycles. The number of rotatable bonds is 3. The van der Waals surface area contributed by atoms with Crippen molar-refractivity contribution in [2.75, 3.05) is 13.2 Å². The van der Waals surface area contributed by atoms with Gasteiger partial charge in [-0.1, -0.05) is 0 Å². The summed E-state index contributed by atoms with van der Waals surface area (Å²) in [6.45, 7) is 5.07. The van der Waals surface area contributed by atoms with Gasteiger partial charge in [-0.25, -0.2) is 0 Å². The number of aliphatic imine (C=N–C) groups is 1. The van der Waals surface area contributed by atoms with Crippen LogP contribution in [0.25, 0.3) is 0 Å². The first-order valence-corrected chi connectivity index (χ1v) is 4.99. The maximum absolute atomic E-state index is 11.4. The molecule has 1 atom stereocenters. The molecule has 1 fully saturated rings. The lowest BCUT2D eigenvalue weighted by atomic mass is 10.1. The van der Waals surface area contributed by atoms with E-state index in [4.69, 9.17) is 4.74 Å². The maximum Gasteiger partial charge on any atom is 0.314 e. The molecule has 0 spiro atoms. The zero-order valence-corrected chi connectivity index (χ0v) is 8.38. The molecular formula is C10H17NO2. The molecule has 3 nitrogen and oxygen atoms in total. The Labute approximate surface area is 79.2 Å². The largest absolute Gasteiger partial charge is 0.465 e. The summed E-state index contributed by atoms with van der Waals surface area (Å²) in [6.07, 6.45) is 2.96. The molecule has 0 aliphatic heterocycles. The fourth-order valence-electron chi connectivity index (χ4n) is 1.72. The molecule has 1 unspecified atom stereocenters. The molecule has 0 aromatic carbocycles. The lowest BCUT2D eigenvalue weighted by Crippen LogP contribution is -2.21. The number of hydrogen-bond donors (Lipinski definition) is 0. The van der Waals surface area contributed by atoms with Crippen molar-refractivity contribution in [2.45, 2.75) is 33.1 Å². The minimum Gasteiger partial charge on any atom is -0.465 e. The molecule has 3 heteroatoms. The third-order valence-electron chi connectivity index (χ3n) is 2.26. The Balaban J connectivity index is 2.57. The van der Waals surface area contributed by atoms with Crippen LogP contribution in [0, 0.1) is 5.92 Å². The number of esters is 1. The van der Waals surface area contributed by atoms with Gasteiger partial charge in [0.25, 0.3) is 0 Å². The van der Waals surface area contributed by atoms with E-state index in [1.165, 1.54) is 0 Å². The molecule has 0 heterocycles. The van der Waals surface area contributed by atoms with E-state index in [2.05, 4.69) is 4.99 Å². The van der Waals surface area contributed by atoms with Gasteiger partial charge in [0.1, 0.15) is 0 Å². The summed E-state index contributed by atoms with van der Waals surface area (Å²) >= 11 is 0. The average molecular weight is 183 g/mol. The Morgan fingerprint density at radius 2 is 2.38 bits per heavy atom. The van der Waals surface area contributed by atoms with Crippen LogP contribution in [0.4, 0.5) is 0 Å². The van der Waals surface area contributed by atoms with Crippen LogP contribution in [0.3, 0.4) is 0 Å². The maximum atomic E-state index is 11.4. The number of carbonyl (C=O) groups is 1. The highest BCUT2D eigenvalue weighted by Crippen LogP contribution is 2.23. The van der Waals surface area contributed by atoms with Crippen molar-refractivity contribution in [2.24, 2.45) is 10.9 Å². The standard InChI is InChI=1S/C10H17NO2/c1-3-11-9-7-5-6-8(9)10(12)13-4-2/h8H,3-7H2,1-2H3. The van der Waals surface area contributed by atoms with Gasteiger partial charge >= 0.3 is 5.97 Å². The van der Waals surface area contributed by atoms with Crippen molar-refractivity contribution in [3.05, 3.63) is 0 Å². The zero-order valence-electron chi connectivity index (χ0n) is 8.38. The molecule has 0 aromatic rings. The van der Waals surface area contributed by atoms with Crippen molar-refractivity contribution in [3.63, 3.8) is 0 Å². The summed E-state index contributed by atoms with van der Waals surface area (Å²) in [7, 11) is 0. The Morgan fingerprint density at radius 3 is 3.00 bits per heavy atom. The van der Waals surface area contributed by atoms with Crippen molar-refractivity contribution < 1.29 is 9.53 Å². The molecule has 0 amide bonds. The van der Waals surface area contributed by atoms with Crippen molar-refractivity contribution in [3.8, 4) is 0 Å². The molecule has 0 N–H and O–H groups in total. The van der Waals surface area contributed by atoms with Crippen LogP contribution in [-0.4, -0.2) is 24.8 Å². The zero-order chi connectivity index (χ0) is 9.68. The van der Waals surface area contributed by atoms with Gasteiger partial charge in [-0.3, -0.25) is 9.79 Å². The van der Waals surface area contributed by atoms with Crippen LogP contribution in [0.15, 0.2) is 4.99 Å². The Morgan fingerprint density at radius 1 is 1.62 bits per heavy atom. The third kappa shape index (κ3) is 2.54. The SMILES string of the molecule is CCN=C1CCCC1C(=O)OCC. The molecule has 0 saturated heterocycles. The lowest BCUT2D eigenvalue weighted by Gasteiger charge is -2.09. The highest BCUT2D eigenvalue weighted by atomic mass is 16.5. The molecule has 0 bridgehead atoms. The highest BCUT2D eigenvalue weighted by molar-refractivity contribution is 6.03. The highest BCUT2D eigenvalue weighted by Gasteiger charge is 2.29. The quantitative estimate of drug-likeness (QED) is 0.626. The van der Waals surface area contributed by atoms with Gasteiger partial charge < -0.3 is 4.74 Å². The summed E-state index contributed by atoms with van der Waals surface area (Å²) in [5.74, 6) is -0.132. The van der Waals surface area contributed by atoms with Gasteiger partial charge in [0, 0.05) is 12.3 Å². The third-order valence-corrected chi connectivity index (χ3v) is 2.26. The Hall–Kier alpha value is -0.860. The minimum absolute atomic E-state index is 0.0418. The summed E-state index contributed by atoms with van der Waals surface area (Å²) in [5.41, 5.74) is 1.04. The van der Waals surface area contributed by atoms with E-state index in [0.717, 1.165) is 31.5 Å². The van der Waals surface area contributed by atoms with Crippen LogP contribution in [0.1, 0.15) is 33.1 Å². The Kier molecular flexibility index (Phi) is 3.93. The van der Waals surface area contributed by atoms with Gasteiger partial charge in [0.2, 0.25) is 0 Å². The molecule has 1 rings (SSSR count). The molecule has 0 radical (unpaired) electrons. The van der Waals surface area contributed by atoms with Gasteiger partial charge in [-0.15, -0.1) is 0 Å². The van der Waals surface area contributed by atoms with E-state index in [-0.39, 0.29) is 11.9 Å². The van der Waals surface area contributed by atoms with E-state index < -0.39 is 0 Å². The Bertz CT molecular complexity index is 211. The number of ether oxygens (including phenoxy) is 1. The first-order chi connectivity index (χ1) is 6.29. The first-order valence-electron chi connectivity index (χ1n) is 4.99. The van der Waals surface area contributed by atoms with Crippen LogP contribution in [0.2, 0.25) is 0 Å². The van der Waals surface area contributed by atoms with Crippen LogP contribution in [-0.2, 0) is 9.53 Å². The average Bonchev–Trinajstić information content (AvgIpc) is 2.54. The van der Waals surface area contributed by atoms with E-state index in [9.17, 15) is 4.79 Å². The number of nitrogens with zero attached hydrogens (tertiary/aromatic N) is 1. The molecule has 0 aromatic heterocycles. The van der Waals surface area contributed by atoms with E-state index in [1.54, 1.807) is 0 Å². The van der Waals surface area contributed by atoms with Crippen LogP contribution in [0.5, 0.6) is 0 Å². The summed E-state index contributed by atoms with van der Waals surface area (Å²) in [6, 6.07) is 0. The molecular weight excluding hydrogens is 166 g/mol. The molecule has 13 heavy (non-hydrogen) atoms. The van der Waals surface area contributed by atoms with Gasteiger partial charge in [-0.2, -0.15) is 0 Å². The topological polar surface area (TPSA) is 38.7 Å². The normalized spacial score (nSPS) is 25.1. The second-order valence-electron chi connectivity index (χ2n) is 3.16. The van der Waals surface area contributed by atoms with Gasteiger partial charge in [-0.05, 0) is 33.1 Å². The van der Waals surface area contributed by atoms with E-state index >= 15 is 0 Å². The smallest absolute Gasteiger partial charge is 0.314 e. The second-order valence-corrected chi connectivity index (χ2v) is 3.16. The molecule has 1 aliphatic rings. The van der Waals surface area contributed by atoms with Crippen molar-refractivity contribution in [1.29, 1.82) is 0 Å². The van der Waals surface area contributed by atoms with E-state index in [1.807, 2.05) is 13.8 Å². The minimum atomic E-state index is -0.0906. The van der Waals surface area contributed by atoms with Gasteiger partial charge in [0.15, 0.2) is 0 Å². The summed E-state index contributed by atoms with van der Waals surface area (Å²) in [4.78, 5) is 15.8. The second kappa shape index (κ2) is 5.00. The van der Waals surface area contributed by atoms with Crippen LogP contribution >= 0.6 is 0 Å². The number of carbonyl (C=O) groups excluding carboxylic acids is 1.